The summed E-state index contributed by atoms with van der Waals surface area (Å²) >= 11 is 0. The second kappa shape index (κ2) is 3.62. The first-order valence-electron chi connectivity index (χ1n) is 4.02. The predicted octanol–water partition coefficient (Wildman–Crippen LogP) is 1.05. The van der Waals surface area contributed by atoms with Crippen molar-refractivity contribution in [2.24, 2.45) is 0 Å². The summed E-state index contributed by atoms with van der Waals surface area (Å²) in [6, 6.07) is 3.12. The van der Waals surface area contributed by atoms with Gasteiger partial charge in [-0.25, -0.2) is 4.79 Å². The summed E-state index contributed by atoms with van der Waals surface area (Å²) in [5.74, 6) is -0.518. The lowest BCUT2D eigenvalue weighted by Crippen LogP contribution is -2.33. The second-order valence-corrected chi connectivity index (χ2v) is 2.77. The lowest BCUT2D eigenvalue weighted by atomic mass is 10.0. The van der Waals surface area contributed by atoms with E-state index in [-0.39, 0.29) is 12.4 Å². The molecule has 0 aliphatic rings. The third-order valence-corrected chi connectivity index (χ3v) is 1.67. The molecule has 0 spiro atoms. The van der Waals surface area contributed by atoms with Gasteiger partial charge in [0.2, 0.25) is 5.60 Å². The van der Waals surface area contributed by atoms with Gasteiger partial charge in [-0.1, -0.05) is 0 Å². The van der Waals surface area contributed by atoms with Crippen LogP contribution in [0.3, 0.4) is 0 Å². The minimum atomic E-state index is -1.69. The smallest absolute Gasteiger partial charge is 0.345 e. The molecular formula is C9H12O4. The van der Waals surface area contributed by atoms with Gasteiger partial charge in [-0.05, 0) is 26.0 Å². The summed E-state index contributed by atoms with van der Waals surface area (Å²) in [5.41, 5.74) is -1.69. The van der Waals surface area contributed by atoms with Crippen molar-refractivity contribution in [3.63, 3.8) is 0 Å². The highest BCUT2D eigenvalue weighted by Gasteiger charge is 2.36. The van der Waals surface area contributed by atoms with Crippen LogP contribution < -0.4 is 0 Å². The molecule has 1 N–H and O–H groups in total. The molecule has 4 nitrogen and oxygen atoms in total. The van der Waals surface area contributed by atoms with Gasteiger partial charge in [0.1, 0.15) is 5.76 Å². The van der Waals surface area contributed by atoms with Gasteiger partial charge in [-0.3, -0.25) is 0 Å². The highest BCUT2D eigenvalue weighted by Crippen LogP contribution is 2.22. The van der Waals surface area contributed by atoms with Gasteiger partial charge in [0.15, 0.2) is 0 Å². The molecule has 0 radical (unpaired) electrons. The van der Waals surface area contributed by atoms with Crippen LogP contribution in [0.25, 0.3) is 0 Å². The van der Waals surface area contributed by atoms with Crippen LogP contribution in [-0.4, -0.2) is 17.7 Å². The van der Waals surface area contributed by atoms with Crippen molar-refractivity contribution in [2.45, 2.75) is 19.4 Å². The molecule has 72 valence electrons. The number of furan rings is 1. The predicted molar refractivity (Wildman–Crippen MR) is 44.9 cm³/mol. The number of aliphatic hydroxyl groups is 1. The Balaban J connectivity index is 2.82. The van der Waals surface area contributed by atoms with E-state index >= 15 is 0 Å². The van der Waals surface area contributed by atoms with E-state index in [4.69, 9.17) is 4.42 Å². The lowest BCUT2D eigenvalue weighted by molar-refractivity contribution is -0.166. The van der Waals surface area contributed by atoms with Crippen molar-refractivity contribution in [3.8, 4) is 0 Å². The Morgan fingerprint density at radius 2 is 2.46 bits per heavy atom. The molecule has 13 heavy (non-hydrogen) atoms. The molecule has 1 heterocycles. The molecule has 1 rings (SSSR count). The molecule has 0 aliphatic heterocycles. The maximum absolute atomic E-state index is 11.2. The van der Waals surface area contributed by atoms with E-state index in [0.717, 1.165) is 0 Å². The van der Waals surface area contributed by atoms with Gasteiger partial charge < -0.3 is 14.3 Å². The Bertz CT molecular complexity index is 274. The molecule has 1 aromatic rings. The lowest BCUT2D eigenvalue weighted by Gasteiger charge is -2.17. The fourth-order valence-corrected chi connectivity index (χ4v) is 0.928. The summed E-state index contributed by atoms with van der Waals surface area (Å²) in [7, 11) is 0. The highest BCUT2D eigenvalue weighted by molar-refractivity contribution is 5.79. The number of hydrogen-bond acceptors (Lipinski definition) is 4. The molecule has 1 aromatic heterocycles. The second-order valence-electron chi connectivity index (χ2n) is 2.77. The Morgan fingerprint density at radius 3 is 2.92 bits per heavy atom. The van der Waals surface area contributed by atoms with Crippen LogP contribution in [-0.2, 0) is 15.1 Å². The number of esters is 1. The van der Waals surface area contributed by atoms with E-state index in [2.05, 4.69) is 4.74 Å². The van der Waals surface area contributed by atoms with Crippen molar-refractivity contribution >= 4 is 5.97 Å². The standard InChI is InChI=1S/C9H12O4/c1-3-12-8(10)9(2,11)7-5-4-6-13-7/h4-6,11H,3H2,1-2H3/t9-/m0/s1. The molecule has 1 atom stereocenters. The molecule has 0 amide bonds. The largest absolute Gasteiger partial charge is 0.466 e. The Kier molecular flexibility index (Phi) is 2.72. The monoisotopic (exact) mass is 184 g/mol. The number of carbonyl (C=O) groups is 1. The first-order chi connectivity index (χ1) is 6.09. The van der Waals surface area contributed by atoms with Crippen LogP contribution in [0.1, 0.15) is 19.6 Å². The van der Waals surface area contributed by atoms with Crippen LogP contribution in [0.15, 0.2) is 22.8 Å². The highest BCUT2D eigenvalue weighted by atomic mass is 16.6. The fraction of sp³-hybridized carbons (Fsp3) is 0.444. The SMILES string of the molecule is CCOC(=O)[C@@](C)(O)c1ccco1. The molecule has 0 fully saturated rings. The zero-order valence-corrected chi connectivity index (χ0v) is 7.61. The Labute approximate surface area is 76.1 Å². The average Bonchev–Trinajstić information content (AvgIpc) is 2.56. The zero-order valence-electron chi connectivity index (χ0n) is 7.61. The van der Waals surface area contributed by atoms with Crippen LogP contribution >= 0.6 is 0 Å². The average molecular weight is 184 g/mol. The molecular weight excluding hydrogens is 172 g/mol. The van der Waals surface area contributed by atoms with Crippen LogP contribution in [0, 0.1) is 0 Å². The van der Waals surface area contributed by atoms with Crippen molar-refractivity contribution in [1.82, 2.24) is 0 Å². The van der Waals surface area contributed by atoms with Crippen molar-refractivity contribution in [2.75, 3.05) is 6.61 Å². The van der Waals surface area contributed by atoms with E-state index in [1.54, 1.807) is 13.0 Å². The topological polar surface area (TPSA) is 59.7 Å². The summed E-state index contributed by atoms with van der Waals surface area (Å²) in [6.45, 7) is 3.25. The van der Waals surface area contributed by atoms with E-state index < -0.39 is 11.6 Å². The first-order valence-corrected chi connectivity index (χ1v) is 4.02. The maximum atomic E-state index is 11.2. The van der Waals surface area contributed by atoms with Crippen molar-refractivity contribution in [1.29, 1.82) is 0 Å². The van der Waals surface area contributed by atoms with Gasteiger partial charge >= 0.3 is 5.97 Å². The summed E-state index contributed by atoms with van der Waals surface area (Å²) < 4.78 is 9.60. The fourth-order valence-electron chi connectivity index (χ4n) is 0.928. The van der Waals surface area contributed by atoms with Gasteiger partial charge in [0.05, 0.1) is 12.9 Å². The van der Waals surface area contributed by atoms with Gasteiger partial charge in [0, 0.05) is 0 Å². The van der Waals surface area contributed by atoms with Gasteiger partial charge in [0.25, 0.3) is 0 Å². The summed E-state index contributed by atoms with van der Waals surface area (Å²) in [6.07, 6.45) is 1.39. The molecule has 0 saturated heterocycles. The first kappa shape index (κ1) is 9.80. The third kappa shape index (κ3) is 1.89. The molecule has 0 unspecified atom stereocenters. The van der Waals surface area contributed by atoms with E-state index in [1.165, 1.54) is 19.3 Å². The molecule has 4 heteroatoms. The number of carbonyl (C=O) groups excluding carboxylic acids is 1. The minimum absolute atomic E-state index is 0.186. The van der Waals surface area contributed by atoms with Crippen LogP contribution in [0.4, 0.5) is 0 Å². The Hall–Kier alpha value is -1.29. The summed E-state index contributed by atoms with van der Waals surface area (Å²) in [5, 5.41) is 9.71. The summed E-state index contributed by atoms with van der Waals surface area (Å²) in [4.78, 5) is 11.2. The van der Waals surface area contributed by atoms with Crippen molar-refractivity contribution < 1.29 is 19.1 Å². The number of hydrogen-bond donors (Lipinski definition) is 1. The van der Waals surface area contributed by atoms with Gasteiger partial charge in [-0.15, -0.1) is 0 Å². The molecule has 0 bridgehead atoms. The maximum Gasteiger partial charge on any atom is 0.345 e. The van der Waals surface area contributed by atoms with E-state index in [0.29, 0.717) is 0 Å². The normalized spacial score (nSPS) is 15.0. The van der Waals surface area contributed by atoms with E-state index in [9.17, 15) is 9.90 Å². The van der Waals surface area contributed by atoms with Crippen molar-refractivity contribution in [3.05, 3.63) is 24.2 Å². The Morgan fingerprint density at radius 1 is 1.77 bits per heavy atom. The molecule has 0 aromatic carbocycles. The van der Waals surface area contributed by atoms with Crippen LogP contribution in [0.5, 0.6) is 0 Å². The number of ether oxygens (including phenoxy) is 1. The molecule has 0 aliphatic carbocycles. The number of rotatable bonds is 3. The quantitative estimate of drug-likeness (QED) is 0.713. The van der Waals surface area contributed by atoms with Gasteiger partial charge in [-0.2, -0.15) is 0 Å². The zero-order chi connectivity index (χ0) is 9.90. The minimum Gasteiger partial charge on any atom is -0.466 e. The third-order valence-electron chi connectivity index (χ3n) is 1.67. The molecule has 0 saturated carbocycles. The van der Waals surface area contributed by atoms with E-state index in [1.807, 2.05) is 0 Å². The van der Waals surface area contributed by atoms with Crippen LogP contribution in [0.2, 0.25) is 0 Å².